The van der Waals surface area contributed by atoms with Crippen LogP contribution in [0.4, 0.5) is 5.82 Å². The Morgan fingerprint density at radius 2 is 1.96 bits per heavy atom. The molecule has 1 fully saturated rings. The number of rotatable bonds is 6. The van der Waals surface area contributed by atoms with Crippen LogP contribution in [0.3, 0.4) is 0 Å². The minimum atomic E-state index is 0.254. The van der Waals surface area contributed by atoms with Gasteiger partial charge in [0.05, 0.1) is 12.7 Å². The number of nitrogens with zero attached hydrogens (tertiary/aromatic N) is 3. The molecule has 1 unspecified atom stereocenters. The highest BCUT2D eigenvalue weighted by atomic mass is 16.5. The monoisotopic (exact) mass is 381 g/mol. The van der Waals surface area contributed by atoms with E-state index in [9.17, 15) is 0 Å². The minimum absolute atomic E-state index is 0.254. The molecule has 3 rings (SSSR count). The van der Waals surface area contributed by atoms with Crippen molar-refractivity contribution in [1.29, 1.82) is 0 Å². The summed E-state index contributed by atoms with van der Waals surface area (Å²) < 4.78 is 5.60. The average Bonchev–Trinajstić information content (AvgIpc) is 2.74. The Hall–Kier alpha value is -2.60. The third kappa shape index (κ3) is 5.45. The van der Waals surface area contributed by atoms with Crippen LogP contribution < -0.4 is 15.5 Å². The standard InChI is InChI=1S/C22H31N5O/c1-4-19-7-5-6-8-20(19)15-26-22(23-3)25-14-18-9-10-21(24-13-18)27-11-12-28-17(2)16-27/h5-10,13,17H,4,11-12,14-16H2,1-3H3,(H2,23,25,26). The largest absolute Gasteiger partial charge is 0.375 e. The van der Waals surface area contributed by atoms with Gasteiger partial charge in [-0.25, -0.2) is 4.98 Å². The van der Waals surface area contributed by atoms with Gasteiger partial charge in [-0.1, -0.05) is 37.3 Å². The maximum Gasteiger partial charge on any atom is 0.191 e. The van der Waals surface area contributed by atoms with Crippen molar-refractivity contribution in [2.24, 2.45) is 4.99 Å². The first-order chi connectivity index (χ1) is 13.7. The lowest BCUT2D eigenvalue weighted by atomic mass is 10.1. The number of pyridine rings is 1. The molecule has 0 spiro atoms. The first-order valence-electron chi connectivity index (χ1n) is 10.0. The van der Waals surface area contributed by atoms with E-state index in [1.165, 1.54) is 11.1 Å². The summed E-state index contributed by atoms with van der Waals surface area (Å²) in [7, 11) is 1.79. The molecule has 0 saturated carbocycles. The maximum atomic E-state index is 5.60. The topological polar surface area (TPSA) is 61.8 Å². The van der Waals surface area contributed by atoms with Crippen molar-refractivity contribution in [2.75, 3.05) is 31.6 Å². The quantitative estimate of drug-likeness (QED) is 0.595. The summed E-state index contributed by atoms with van der Waals surface area (Å²) in [5.74, 6) is 1.80. The van der Waals surface area contributed by atoms with Crippen LogP contribution in [-0.2, 0) is 24.2 Å². The molecule has 0 aliphatic carbocycles. The van der Waals surface area contributed by atoms with E-state index in [1.807, 2.05) is 6.20 Å². The lowest BCUT2D eigenvalue weighted by molar-refractivity contribution is 0.0529. The molecule has 1 aliphatic heterocycles. The van der Waals surface area contributed by atoms with Crippen molar-refractivity contribution >= 4 is 11.8 Å². The van der Waals surface area contributed by atoms with E-state index in [0.29, 0.717) is 6.54 Å². The summed E-state index contributed by atoms with van der Waals surface area (Å²) in [6, 6.07) is 12.7. The fourth-order valence-corrected chi connectivity index (χ4v) is 3.40. The molecule has 28 heavy (non-hydrogen) atoms. The molecule has 0 radical (unpaired) electrons. The molecule has 150 valence electrons. The summed E-state index contributed by atoms with van der Waals surface area (Å²) in [6.45, 7) is 8.26. The summed E-state index contributed by atoms with van der Waals surface area (Å²) in [5.41, 5.74) is 3.79. The number of anilines is 1. The molecule has 1 aromatic heterocycles. The summed E-state index contributed by atoms with van der Waals surface area (Å²) in [4.78, 5) is 11.2. The van der Waals surface area contributed by atoms with Gasteiger partial charge in [0, 0.05) is 39.4 Å². The van der Waals surface area contributed by atoms with Gasteiger partial charge < -0.3 is 20.3 Å². The number of benzene rings is 1. The van der Waals surface area contributed by atoms with Crippen molar-refractivity contribution in [2.45, 2.75) is 39.5 Å². The molecule has 6 nitrogen and oxygen atoms in total. The zero-order chi connectivity index (χ0) is 19.8. The second-order valence-corrected chi connectivity index (χ2v) is 7.05. The smallest absolute Gasteiger partial charge is 0.191 e. The van der Waals surface area contributed by atoms with Crippen LogP contribution in [0, 0.1) is 0 Å². The van der Waals surface area contributed by atoms with Gasteiger partial charge in [-0.05, 0) is 36.1 Å². The first kappa shape index (κ1) is 20.1. The van der Waals surface area contributed by atoms with E-state index < -0.39 is 0 Å². The van der Waals surface area contributed by atoms with Crippen molar-refractivity contribution in [3.8, 4) is 0 Å². The molecule has 2 N–H and O–H groups in total. The van der Waals surface area contributed by atoms with Gasteiger partial charge >= 0.3 is 0 Å². The summed E-state index contributed by atoms with van der Waals surface area (Å²) >= 11 is 0. The highest BCUT2D eigenvalue weighted by Crippen LogP contribution is 2.15. The molecule has 0 amide bonds. The molecule has 1 aromatic carbocycles. The zero-order valence-electron chi connectivity index (χ0n) is 17.1. The number of morpholine rings is 1. The summed E-state index contributed by atoms with van der Waals surface area (Å²) in [5, 5.41) is 6.76. The van der Waals surface area contributed by atoms with Crippen LogP contribution in [-0.4, -0.2) is 43.8 Å². The SMILES string of the molecule is CCc1ccccc1CNC(=NC)NCc1ccc(N2CCOC(C)C2)nc1. The highest BCUT2D eigenvalue weighted by Gasteiger charge is 2.17. The van der Waals surface area contributed by atoms with Crippen LogP contribution >= 0.6 is 0 Å². The number of guanidine groups is 1. The van der Waals surface area contributed by atoms with Gasteiger partial charge in [-0.2, -0.15) is 0 Å². The lowest BCUT2D eigenvalue weighted by Gasteiger charge is -2.32. The van der Waals surface area contributed by atoms with E-state index >= 15 is 0 Å². The van der Waals surface area contributed by atoms with Crippen molar-refractivity contribution in [3.63, 3.8) is 0 Å². The molecule has 1 aliphatic rings. The fourth-order valence-electron chi connectivity index (χ4n) is 3.40. The predicted molar refractivity (Wildman–Crippen MR) is 115 cm³/mol. The van der Waals surface area contributed by atoms with Crippen LogP contribution in [0.1, 0.15) is 30.5 Å². The Labute approximate surface area is 168 Å². The van der Waals surface area contributed by atoms with Gasteiger partial charge in [0.2, 0.25) is 0 Å². The zero-order valence-corrected chi connectivity index (χ0v) is 17.1. The molecule has 2 heterocycles. The molecule has 1 saturated heterocycles. The second kappa shape index (κ2) is 10.1. The second-order valence-electron chi connectivity index (χ2n) is 7.05. The number of nitrogens with one attached hydrogen (secondary N) is 2. The van der Waals surface area contributed by atoms with Gasteiger partial charge in [0.1, 0.15) is 5.82 Å². The van der Waals surface area contributed by atoms with Gasteiger partial charge in [-0.3, -0.25) is 4.99 Å². The number of aryl methyl sites for hydroxylation is 1. The van der Waals surface area contributed by atoms with Crippen LogP contribution in [0.25, 0.3) is 0 Å². The number of ether oxygens (including phenoxy) is 1. The van der Waals surface area contributed by atoms with E-state index in [0.717, 1.165) is 50.0 Å². The normalized spacial score (nSPS) is 17.5. The van der Waals surface area contributed by atoms with Gasteiger partial charge in [0.25, 0.3) is 0 Å². The van der Waals surface area contributed by atoms with E-state index in [2.05, 4.69) is 75.8 Å². The Balaban J connectivity index is 1.51. The molecule has 0 bridgehead atoms. The predicted octanol–water partition coefficient (Wildman–Crippen LogP) is 2.73. The maximum absolute atomic E-state index is 5.60. The number of hydrogen-bond donors (Lipinski definition) is 2. The third-order valence-electron chi connectivity index (χ3n) is 5.00. The van der Waals surface area contributed by atoms with Crippen LogP contribution in [0.15, 0.2) is 47.6 Å². The average molecular weight is 382 g/mol. The third-order valence-corrected chi connectivity index (χ3v) is 5.00. The number of aromatic nitrogens is 1. The Kier molecular flexibility index (Phi) is 7.25. The fraction of sp³-hybridized carbons (Fsp3) is 0.455. The van der Waals surface area contributed by atoms with Gasteiger partial charge in [0.15, 0.2) is 5.96 Å². The molecule has 1 atom stereocenters. The molecule has 2 aromatic rings. The molecular formula is C22H31N5O. The van der Waals surface area contributed by atoms with Crippen molar-refractivity contribution < 1.29 is 4.74 Å². The van der Waals surface area contributed by atoms with Crippen molar-refractivity contribution in [1.82, 2.24) is 15.6 Å². The molecule has 6 heteroatoms. The Morgan fingerprint density at radius 1 is 1.18 bits per heavy atom. The highest BCUT2D eigenvalue weighted by molar-refractivity contribution is 5.79. The number of hydrogen-bond acceptors (Lipinski definition) is 4. The Morgan fingerprint density at radius 3 is 2.64 bits per heavy atom. The van der Waals surface area contributed by atoms with E-state index in [1.54, 1.807) is 7.05 Å². The number of aliphatic imine (C=N–C) groups is 1. The molecular weight excluding hydrogens is 350 g/mol. The minimum Gasteiger partial charge on any atom is -0.375 e. The van der Waals surface area contributed by atoms with E-state index in [-0.39, 0.29) is 6.10 Å². The van der Waals surface area contributed by atoms with Crippen molar-refractivity contribution in [3.05, 3.63) is 59.3 Å². The Bertz CT molecular complexity index is 775. The van der Waals surface area contributed by atoms with Crippen LogP contribution in [0.5, 0.6) is 0 Å². The van der Waals surface area contributed by atoms with Crippen LogP contribution in [0.2, 0.25) is 0 Å². The van der Waals surface area contributed by atoms with Gasteiger partial charge in [-0.15, -0.1) is 0 Å². The van der Waals surface area contributed by atoms with E-state index in [4.69, 9.17) is 4.74 Å². The first-order valence-corrected chi connectivity index (χ1v) is 10.0. The summed E-state index contributed by atoms with van der Waals surface area (Å²) in [6.07, 6.45) is 3.22. The lowest BCUT2D eigenvalue weighted by Crippen LogP contribution is -2.41.